The molecule has 4 heteroatoms. The van der Waals surface area contributed by atoms with Gasteiger partial charge >= 0.3 is 0 Å². The summed E-state index contributed by atoms with van der Waals surface area (Å²) >= 11 is 5.94. The highest BCUT2D eigenvalue weighted by Gasteiger charge is 2.41. The van der Waals surface area contributed by atoms with Crippen molar-refractivity contribution in [3.8, 4) is 0 Å². The molecule has 2 radical (unpaired) electrons. The van der Waals surface area contributed by atoms with Gasteiger partial charge in [0.25, 0.3) is 0 Å². The maximum atomic E-state index is 6.53. The zero-order chi connectivity index (χ0) is 17.7. The van der Waals surface area contributed by atoms with Crippen LogP contribution in [0.5, 0.6) is 0 Å². The third-order valence-electron chi connectivity index (χ3n) is 6.07. The SMILES string of the molecule is [B]C1(N)CCCCCCCC2C(CC(CCC)C(=S)N2C(C)C)C1. The molecule has 1 saturated carbocycles. The van der Waals surface area contributed by atoms with Crippen LogP contribution in [0.4, 0.5) is 0 Å². The molecule has 2 N–H and O–H groups in total. The van der Waals surface area contributed by atoms with E-state index in [9.17, 15) is 0 Å². The average Bonchev–Trinajstić information content (AvgIpc) is 2.52. The van der Waals surface area contributed by atoms with Gasteiger partial charge in [0.1, 0.15) is 0 Å². The molecule has 1 aliphatic carbocycles. The molecule has 1 saturated heterocycles. The van der Waals surface area contributed by atoms with E-state index < -0.39 is 5.44 Å². The summed E-state index contributed by atoms with van der Waals surface area (Å²) in [6.45, 7) is 6.85. The molecule has 4 unspecified atom stereocenters. The van der Waals surface area contributed by atoms with Gasteiger partial charge in [0, 0.05) is 18.0 Å². The molecule has 2 aliphatic rings. The maximum absolute atomic E-state index is 6.53. The van der Waals surface area contributed by atoms with Crippen LogP contribution in [0.2, 0.25) is 0 Å². The van der Waals surface area contributed by atoms with Crippen LogP contribution in [-0.4, -0.2) is 35.3 Å². The Morgan fingerprint density at radius 1 is 1.25 bits per heavy atom. The molecule has 0 spiro atoms. The van der Waals surface area contributed by atoms with E-state index in [0.29, 0.717) is 23.9 Å². The molecule has 0 aromatic heterocycles. The normalized spacial score (nSPS) is 36.3. The summed E-state index contributed by atoms with van der Waals surface area (Å²) in [5.74, 6) is 1.12. The molecule has 2 fully saturated rings. The summed E-state index contributed by atoms with van der Waals surface area (Å²) < 4.78 is 0. The van der Waals surface area contributed by atoms with E-state index in [4.69, 9.17) is 25.8 Å². The number of hydrogen-bond acceptors (Lipinski definition) is 2. The second kappa shape index (κ2) is 9.03. The average molecular weight is 348 g/mol. The summed E-state index contributed by atoms with van der Waals surface area (Å²) in [6, 6.07) is 1.01. The summed E-state index contributed by atoms with van der Waals surface area (Å²) in [7, 11) is 6.53. The van der Waals surface area contributed by atoms with Gasteiger partial charge < -0.3 is 10.6 Å². The largest absolute Gasteiger partial charge is 0.360 e. The van der Waals surface area contributed by atoms with E-state index in [1.165, 1.54) is 62.8 Å². The molecule has 0 amide bonds. The fourth-order valence-electron chi connectivity index (χ4n) is 4.97. The third kappa shape index (κ3) is 5.21. The van der Waals surface area contributed by atoms with Gasteiger partial charge in [0.05, 0.1) is 12.8 Å². The molecule has 1 heterocycles. The number of piperidine rings is 1. The first-order chi connectivity index (χ1) is 11.4. The Balaban J connectivity index is 2.26. The zero-order valence-corrected chi connectivity index (χ0v) is 16.9. The van der Waals surface area contributed by atoms with Crippen molar-refractivity contribution in [2.45, 2.75) is 109 Å². The number of thiocarbonyl (C=S) groups is 1. The fourth-order valence-corrected chi connectivity index (χ4v) is 5.53. The number of hydrogen-bond donors (Lipinski definition) is 1. The zero-order valence-electron chi connectivity index (χ0n) is 16.1. The van der Waals surface area contributed by atoms with Gasteiger partial charge in [0.15, 0.2) is 0 Å². The lowest BCUT2D eigenvalue weighted by Gasteiger charge is -2.50. The summed E-state index contributed by atoms with van der Waals surface area (Å²) in [6.07, 6.45) is 13.2. The van der Waals surface area contributed by atoms with Gasteiger partial charge in [-0.1, -0.05) is 57.7 Å². The highest BCUT2D eigenvalue weighted by molar-refractivity contribution is 7.80. The van der Waals surface area contributed by atoms with E-state index in [1.54, 1.807) is 0 Å². The molecule has 24 heavy (non-hydrogen) atoms. The van der Waals surface area contributed by atoms with Gasteiger partial charge in [-0.05, 0) is 57.3 Å². The highest BCUT2D eigenvalue weighted by atomic mass is 32.1. The lowest BCUT2D eigenvalue weighted by atomic mass is 9.65. The Bertz CT molecular complexity index is 410. The van der Waals surface area contributed by atoms with Crippen molar-refractivity contribution < 1.29 is 0 Å². The second-order valence-electron chi connectivity index (χ2n) is 8.63. The number of nitrogens with zero attached hydrogens (tertiary/aromatic N) is 1. The van der Waals surface area contributed by atoms with Crippen molar-refractivity contribution in [1.29, 1.82) is 0 Å². The van der Waals surface area contributed by atoms with Crippen LogP contribution in [0, 0.1) is 11.8 Å². The second-order valence-corrected chi connectivity index (χ2v) is 9.05. The predicted octanol–water partition coefficient (Wildman–Crippen LogP) is 4.79. The smallest absolute Gasteiger partial charge is 0.0950 e. The van der Waals surface area contributed by atoms with E-state index in [1.807, 2.05) is 0 Å². The number of rotatable bonds is 3. The first-order valence-electron chi connectivity index (χ1n) is 10.3. The number of fused-ring (bicyclic) bond motifs is 1. The Morgan fingerprint density at radius 2 is 1.92 bits per heavy atom. The summed E-state index contributed by atoms with van der Waals surface area (Å²) in [5.41, 5.74) is 6.02. The molecule has 1 aliphatic heterocycles. The third-order valence-corrected chi connectivity index (χ3v) is 6.61. The minimum absolute atomic E-state index is 0.472. The van der Waals surface area contributed by atoms with Gasteiger partial charge in [-0.15, -0.1) is 0 Å². The molecule has 0 aromatic carbocycles. The van der Waals surface area contributed by atoms with Gasteiger partial charge in [0.2, 0.25) is 0 Å². The first-order valence-corrected chi connectivity index (χ1v) is 10.7. The monoisotopic (exact) mass is 348 g/mol. The van der Waals surface area contributed by atoms with Crippen LogP contribution in [0.3, 0.4) is 0 Å². The van der Waals surface area contributed by atoms with Crippen LogP contribution < -0.4 is 5.73 Å². The topological polar surface area (TPSA) is 29.3 Å². The highest BCUT2D eigenvalue weighted by Crippen LogP contribution is 2.40. The van der Waals surface area contributed by atoms with E-state index in [2.05, 4.69) is 25.7 Å². The molecule has 136 valence electrons. The van der Waals surface area contributed by atoms with E-state index in [0.717, 1.165) is 12.8 Å². The van der Waals surface area contributed by atoms with Gasteiger partial charge in [-0.2, -0.15) is 0 Å². The Labute approximate surface area is 156 Å². The Kier molecular flexibility index (Phi) is 7.61. The van der Waals surface area contributed by atoms with Crippen molar-refractivity contribution >= 4 is 25.1 Å². The molecular weight excluding hydrogens is 311 g/mol. The van der Waals surface area contributed by atoms with E-state index in [-0.39, 0.29) is 0 Å². The summed E-state index contributed by atoms with van der Waals surface area (Å²) in [4.78, 5) is 3.78. The fraction of sp³-hybridized carbons (Fsp3) is 0.950. The Hall–Kier alpha value is -0.0851. The van der Waals surface area contributed by atoms with Crippen molar-refractivity contribution in [2.24, 2.45) is 17.6 Å². The van der Waals surface area contributed by atoms with Gasteiger partial charge in [-0.3, -0.25) is 0 Å². The van der Waals surface area contributed by atoms with Crippen LogP contribution >= 0.6 is 12.2 Å². The molecule has 2 nitrogen and oxygen atoms in total. The molecule has 4 atom stereocenters. The van der Waals surface area contributed by atoms with Crippen LogP contribution in [0.25, 0.3) is 0 Å². The minimum Gasteiger partial charge on any atom is -0.360 e. The van der Waals surface area contributed by atoms with Crippen LogP contribution in [0.1, 0.15) is 91.4 Å². The number of likely N-dealkylation sites (tertiary alicyclic amines) is 1. The molecule has 0 bridgehead atoms. The minimum atomic E-state index is -0.508. The molecular formula is C20H37BN2S. The number of nitrogens with two attached hydrogens (primary N) is 1. The first kappa shape index (κ1) is 20.2. The van der Waals surface area contributed by atoms with Crippen LogP contribution in [-0.2, 0) is 0 Å². The lowest BCUT2D eigenvalue weighted by molar-refractivity contribution is 0.112. The lowest BCUT2D eigenvalue weighted by Crippen LogP contribution is -2.57. The Morgan fingerprint density at radius 3 is 2.58 bits per heavy atom. The summed E-state index contributed by atoms with van der Waals surface area (Å²) in [5, 5.41) is 0. The van der Waals surface area contributed by atoms with Crippen molar-refractivity contribution in [3.05, 3.63) is 0 Å². The van der Waals surface area contributed by atoms with E-state index >= 15 is 0 Å². The van der Waals surface area contributed by atoms with Crippen molar-refractivity contribution in [1.82, 2.24) is 4.90 Å². The van der Waals surface area contributed by atoms with Crippen molar-refractivity contribution in [3.63, 3.8) is 0 Å². The quantitative estimate of drug-likeness (QED) is 0.587. The molecule has 0 aromatic rings. The van der Waals surface area contributed by atoms with Crippen LogP contribution in [0.15, 0.2) is 0 Å². The standard InChI is InChI=1S/C20H37BN2S/c1-4-10-16-13-17-14-20(21,22)12-9-7-5-6-8-11-18(17)23(15(2)3)19(16)24/h15-18H,4-14,22H2,1-3H3. The maximum Gasteiger partial charge on any atom is 0.0950 e. The van der Waals surface area contributed by atoms with Gasteiger partial charge in [-0.25, -0.2) is 0 Å². The van der Waals surface area contributed by atoms with Crippen molar-refractivity contribution in [2.75, 3.05) is 0 Å². The predicted molar refractivity (Wildman–Crippen MR) is 109 cm³/mol. The molecule has 2 rings (SSSR count).